The normalized spacial score (nSPS) is 31.5. The van der Waals surface area contributed by atoms with E-state index in [-0.39, 0.29) is 11.9 Å². The number of oxime groups is 1. The van der Waals surface area contributed by atoms with Gasteiger partial charge in [0.1, 0.15) is 0 Å². The lowest BCUT2D eigenvalue weighted by Crippen LogP contribution is -2.48. The zero-order valence-corrected chi connectivity index (χ0v) is 16.9. The van der Waals surface area contributed by atoms with E-state index in [4.69, 9.17) is 4.84 Å². The number of benzene rings is 2. The van der Waals surface area contributed by atoms with E-state index >= 15 is 0 Å². The summed E-state index contributed by atoms with van der Waals surface area (Å²) < 4.78 is 0. The van der Waals surface area contributed by atoms with Gasteiger partial charge in [-0.05, 0) is 103 Å². The molecule has 29 heavy (non-hydrogen) atoms. The van der Waals surface area contributed by atoms with Crippen LogP contribution in [0.4, 0.5) is 0 Å². The molecule has 5 aliphatic rings. The van der Waals surface area contributed by atoms with E-state index in [2.05, 4.69) is 47.6 Å². The number of fused-ring (bicyclic) bond motifs is 3. The highest BCUT2D eigenvalue weighted by atomic mass is 16.7. The summed E-state index contributed by atoms with van der Waals surface area (Å²) in [6.07, 6.45) is 7.27. The first-order valence-electron chi connectivity index (χ1n) is 11.1. The van der Waals surface area contributed by atoms with Crippen LogP contribution in [0.3, 0.4) is 0 Å². The van der Waals surface area contributed by atoms with Crippen molar-refractivity contribution in [2.45, 2.75) is 45.4 Å². The van der Waals surface area contributed by atoms with Gasteiger partial charge < -0.3 is 4.84 Å². The van der Waals surface area contributed by atoms with Crippen LogP contribution in [-0.4, -0.2) is 11.7 Å². The Balaban J connectivity index is 1.20. The van der Waals surface area contributed by atoms with E-state index in [1.54, 1.807) is 0 Å². The Labute approximate surface area is 172 Å². The van der Waals surface area contributed by atoms with Crippen LogP contribution in [0.25, 0.3) is 11.1 Å². The van der Waals surface area contributed by atoms with Gasteiger partial charge in [0.25, 0.3) is 0 Å². The highest BCUT2D eigenvalue weighted by molar-refractivity contribution is 6.00. The molecule has 4 fully saturated rings. The summed E-state index contributed by atoms with van der Waals surface area (Å²) in [6, 6.07) is 15.0. The second-order valence-electron chi connectivity index (χ2n) is 9.75. The number of carbonyl (C=O) groups is 1. The van der Waals surface area contributed by atoms with Crippen molar-refractivity contribution in [1.82, 2.24) is 0 Å². The van der Waals surface area contributed by atoms with E-state index in [0.29, 0.717) is 11.8 Å². The first kappa shape index (κ1) is 17.4. The molecule has 0 unspecified atom stereocenters. The van der Waals surface area contributed by atoms with Crippen LogP contribution in [0.15, 0.2) is 47.6 Å². The molecule has 0 saturated heterocycles. The van der Waals surface area contributed by atoms with Gasteiger partial charge in [0.15, 0.2) is 0 Å². The third kappa shape index (κ3) is 2.86. The summed E-state index contributed by atoms with van der Waals surface area (Å²) in [4.78, 5) is 18.4. The maximum Gasteiger partial charge on any atom is 0.338 e. The molecule has 0 atom stereocenters. The molecule has 148 valence electrons. The summed E-state index contributed by atoms with van der Waals surface area (Å²) in [5.41, 5.74) is 7.12. The molecule has 0 aromatic heterocycles. The zero-order valence-electron chi connectivity index (χ0n) is 16.9. The Morgan fingerprint density at radius 3 is 2.34 bits per heavy atom. The second kappa shape index (κ2) is 6.55. The van der Waals surface area contributed by atoms with Crippen LogP contribution < -0.4 is 0 Å². The van der Waals surface area contributed by atoms with Crippen LogP contribution in [0.2, 0.25) is 0 Å². The number of hydrogen-bond acceptors (Lipinski definition) is 3. The molecular weight excluding hydrogens is 358 g/mol. The number of hydrogen-bond donors (Lipinski definition) is 0. The maximum atomic E-state index is 12.9. The molecule has 7 rings (SSSR count). The fourth-order valence-corrected chi connectivity index (χ4v) is 6.89. The van der Waals surface area contributed by atoms with Crippen LogP contribution in [-0.2, 0) is 16.1 Å². The highest BCUT2D eigenvalue weighted by Gasteiger charge is 2.51. The van der Waals surface area contributed by atoms with Crippen LogP contribution in [0.1, 0.15) is 55.7 Å². The Morgan fingerprint density at radius 2 is 1.59 bits per heavy atom. The van der Waals surface area contributed by atoms with Gasteiger partial charge in [-0.2, -0.15) is 0 Å². The molecule has 3 heteroatoms. The van der Waals surface area contributed by atoms with Crippen molar-refractivity contribution in [3.05, 3.63) is 59.2 Å². The van der Waals surface area contributed by atoms with Gasteiger partial charge in [-0.3, -0.25) is 0 Å². The summed E-state index contributed by atoms with van der Waals surface area (Å²) in [5.74, 6) is 2.77. The molecule has 0 aliphatic heterocycles. The van der Waals surface area contributed by atoms with E-state index in [0.717, 1.165) is 29.5 Å². The largest absolute Gasteiger partial charge is 0.338 e. The van der Waals surface area contributed by atoms with Crippen molar-refractivity contribution in [2.75, 3.05) is 0 Å². The molecule has 0 heterocycles. The molecule has 4 bridgehead atoms. The predicted molar refractivity (Wildman–Crippen MR) is 114 cm³/mol. The number of carbonyl (C=O) groups excluding carboxylic acids is 1. The van der Waals surface area contributed by atoms with Gasteiger partial charge in [-0.25, -0.2) is 4.79 Å². The first-order chi connectivity index (χ1) is 14.2. The Hall–Kier alpha value is -2.42. The molecule has 0 radical (unpaired) electrons. The fraction of sp³-hybridized carbons (Fsp3) is 0.462. The fourth-order valence-electron chi connectivity index (χ4n) is 6.89. The molecule has 2 aromatic rings. The minimum absolute atomic E-state index is 0.0752. The van der Waals surface area contributed by atoms with Crippen molar-refractivity contribution in [1.29, 1.82) is 0 Å². The summed E-state index contributed by atoms with van der Waals surface area (Å²) in [5, 5.41) is 4.28. The summed E-state index contributed by atoms with van der Waals surface area (Å²) in [6.45, 7) is 1.94. The lowest BCUT2D eigenvalue weighted by Gasteiger charge is -2.53. The number of rotatable bonds is 3. The average molecular weight is 386 g/mol. The topological polar surface area (TPSA) is 38.7 Å². The van der Waals surface area contributed by atoms with Gasteiger partial charge >= 0.3 is 5.97 Å². The van der Waals surface area contributed by atoms with Crippen molar-refractivity contribution in [2.24, 2.45) is 34.7 Å². The highest BCUT2D eigenvalue weighted by Crippen LogP contribution is 2.56. The van der Waals surface area contributed by atoms with E-state index in [1.807, 2.05) is 6.92 Å². The van der Waals surface area contributed by atoms with Gasteiger partial charge in [0.05, 0.1) is 11.6 Å². The van der Waals surface area contributed by atoms with Crippen LogP contribution in [0, 0.1) is 29.6 Å². The Bertz CT molecular complexity index is 993. The Morgan fingerprint density at radius 1 is 0.897 bits per heavy atom. The van der Waals surface area contributed by atoms with Gasteiger partial charge in [0, 0.05) is 0 Å². The smallest absolute Gasteiger partial charge is 0.318 e. The molecule has 0 amide bonds. The van der Waals surface area contributed by atoms with Crippen LogP contribution in [0.5, 0.6) is 0 Å². The molecule has 5 aliphatic carbocycles. The van der Waals surface area contributed by atoms with Crippen LogP contribution >= 0.6 is 0 Å². The standard InChI is InChI=1S/C26H27NO2/c1-15(18-6-7-20-13-19-4-2-3-5-23(19)24(20)14-18)27-29-26(28)25-21-9-16-8-17(11-21)12-22(25)10-16/h2-7,14,16-17,21-22,25H,8-13H2,1H3. The first-order valence-corrected chi connectivity index (χ1v) is 11.1. The molecular formula is C26H27NO2. The molecule has 2 aromatic carbocycles. The minimum atomic E-state index is -0.0929. The number of nitrogens with zero attached hydrogens (tertiary/aromatic N) is 1. The SMILES string of the molecule is CC(=NOC(=O)C1C2CC3CC(C2)CC1C3)c1ccc2c(c1)-c1ccccc1C2. The second-order valence-corrected chi connectivity index (χ2v) is 9.75. The average Bonchev–Trinajstić information content (AvgIpc) is 3.09. The van der Waals surface area contributed by atoms with Gasteiger partial charge in [-0.1, -0.05) is 41.6 Å². The quantitative estimate of drug-likeness (QED) is 0.334. The van der Waals surface area contributed by atoms with Crippen molar-refractivity contribution >= 4 is 11.7 Å². The predicted octanol–water partition coefficient (Wildman–Crippen LogP) is 5.60. The van der Waals surface area contributed by atoms with Gasteiger partial charge in [0.2, 0.25) is 0 Å². The van der Waals surface area contributed by atoms with E-state index in [9.17, 15) is 4.79 Å². The lowest BCUT2D eigenvalue weighted by molar-refractivity contribution is -0.162. The zero-order chi connectivity index (χ0) is 19.5. The van der Waals surface area contributed by atoms with E-state index in [1.165, 1.54) is 54.4 Å². The third-order valence-corrected chi connectivity index (χ3v) is 7.99. The third-order valence-electron chi connectivity index (χ3n) is 7.99. The molecule has 3 nitrogen and oxygen atoms in total. The van der Waals surface area contributed by atoms with Crippen molar-refractivity contribution in [3.8, 4) is 11.1 Å². The molecule has 4 saturated carbocycles. The molecule has 0 N–H and O–H groups in total. The summed E-state index contributed by atoms with van der Waals surface area (Å²) >= 11 is 0. The van der Waals surface area contributed by atoms with Crippen molar-refractivity contribution in [3.63, 3.8) is 0 Å². The summed E-state index contributed by atoms with van der Waals surface area (Å²) in [7, 11) is 0. The van der Waals surface area contributed by atoms with E-state index < -0.39 is 0 Å². The Kier molecular flexibility index (Phi) is 3.94. The lowest BCUT2D eigenvalue weighted by atomic mass is 9.52. The minimum Gasteiger partial charge on any atom is -0.318 e. The van der Waals surface area contributed by atoms with Crippen molar-refractivity contribution < 1.29 is 9.63 Å². The van der Waals surface area contributed by atoms with Gasteiger partial charge in [-0.15, -0.1) is 0 Å². The maximum absolute atomic E-state index is 12.9. The monoisotopic (exact) mass is 385 g/mol. The molecule has 0 spiro atoms.